The summed E-state index contributed by atoms with van der Waals surface area (Å²) >= 11 is 0. The fourth-order valence-electron chi connectivity index (χ4n) is 3.68. The van der Waals surface area contributed by atoms with E-state index in [1.165, 1.54) is 48.7 Å². The smallest absolute Gasteiger partial charge is 0.330 e. The number of rotatable bonds is 13. The molecule has 1 aliphatic rings. The van der Waals surface area contributed by atoms with E-state index in [1.54, 1.807) is 30.3 Å². The van der Waals surface area contributed by atoms with Crippen molar-refractivity contribution in [2.24, 2.45) is 0 Å². The standard InChI is InChI=1S/C26H32O11/c1-28-14-34-13-22-24(17-11-19(31-4)25(35-15-29-2)20(12-17)32-5)36-21-10-16(7-8-23(27)33-6)9-18(30-3)26(21)37-22/h7-12,22,24H,13-15H2,1-6H3/b8-7+/t22-,24-/m0/s1. The molecule has 202 valence electrons. The van der Waals surface area contributed by atoms with E-state index < -0.39 is 18.2 Å². The second-order valence-electron chi connectivity index (χ2n) is 7.68. The van der Waals surface area contributed by atoms with Gasteiger partial charge in [-0.3, -0.25) is 0 Å². The molecule has 11 nitrogen and oxygen atoms in total. The van der Waals surface area contributed by atoms with E-state index in [4.69, 9.17) is 42.6 Å². The van der Waals surface area contributed by atoms with Gasteiger partial charge in [0.1, 0.15) is 6.79 Å². The minimum Gasteiger partial charge on any atom is -0.493 e. The Bertz CT molecular complexity index is 1060. The first kappa shape index (κ1) is 27.9. The summed E-state index contributed by atoms with van der Waals surface area (Å²) in [7, 11) is 8.92. The second kappa shape index (κ2) is 13.6. The van der Waals surface area contributed by atoms with Gasteiger partial charge in [-0.25, -0.2) is 4.79 Å². The average molecular weight is 521 g/mol. The van der Waals surface area contributed by atoms with E-state index in [2.05, 4.69) is 4.74 Å². The Hall–Kier alpha value is -3.67. The van der Waals surface area contributed by atoms with Crippen LogP contribution < -0.4 is 28.4 Å². The summed E-state index contributed by atoms with van der Waals surface area (Å²) < 4.78 is 55.4. The molecular formula is C26H32O11. The lowest BCUT2D eigenvalue weighted by Crippen LogP contribution is -2.37. The molecule has 0 spiro atoms. The van der Waals surface area contributed by atoms with Gasteiger partial charge in [-0.2, -0.15) is 0 Å². The Kier molecular flexibility index (Phi) is 10.2. The number of fused-ring (bicyclic) bond motifs is 1. The minimum absolute atomic E-state index is 0.0115. The van der Waals surface area contributed by atoms with Crippen LogP contribution in [0.2, 0.25) is 0 Å². The maximum atomic E-state index is 11.6. The molecule has 2 aromatic carbocycles. The van der Waals surface area contributed by atoms with E-state index in [9.17, 15) is 4.79 Å². The van der Waals surface area contributed by atoms with Crippen molar-refractivity contribution in [3.63, 3.8) is 0 Å². The minimum atomic E-state index is -0.645. The van der Waals surface area contributed by atoms with E-state index in [0.29, 0.717) is 45.6 Å². The molecule has 11 heteroatoms. The molecule has 37 heavy (non-hydrogen) atoms. The number of hydrogen-bond acceptors (Lipinski definition) is 11. The zero-order chi connectivity index (χ0) is 26.8. The highest BCUT2D eigenvalue weighted by Gasteiger charge is 2.36. The van der Waals surface area contributed by atoms with E-state index in [-0.39, 0.29) is 20.2 Å². The van der Waals surface area contributed by atoms with Crippen LogP contribution in [0.3, 0.4) is 0 Å². The van der Waals surface area contributed by atoms with Gasteiger partial charge in [0.05, 0.1) is 35.0 Å². The van der Waals surface area contributed by atoms with Crippen molar-refractivity contribution < 1.29 is 52.2 Å². The van der Waals surface area contributed by atoms with Gasteiger partial charge in [0, 0.05) is 25.9 Å². The summed E-state index contributed by atoms with van der Waals surface area (Å²) in [5.41, 5.74) is 1.33. The number of methoxy groups -OCH3 is 6. The van der Waals surface area contributed by atoms with Crippen LogP contribution in [0.1, 0.15) is 17.2 Å². The first-order valence-electron chi connectivity index (χ1n) is 11.2. The van der Waals surface area contributed by atoms with Crippen molar-refractivity contribution in [1.82, 2.24) is 0 Å². The fourth-order valence-corrected chi connectivity index (χ4v) is 3.68. The van der Waals surface area contributed by atoms with Crippen LogP contribution in [0.4, 0.5) is 0 Å². The van der Waals surface area contributed by atoms with Crippen LogP contribution in [0.15, 0.2) is 30.3 Å². The summed E-state index contributed by atoms with van der Waals surface area (Å²) in [4.78, 5) is 11.6. The fraction of sp³-hybridized carbons (Fsp3) is 0.423. The predicted octanol–water partition coefficient (Wildman–Crippen LogP) is 3.38. The molecule has 0 bridgehead atoms. The van der Waals surface area contributed by atoms with Gasteiger partial charge in [-0.15, -0.1) is 0 Å². The number of carbonyl (C=O) groups excluding carboxylic acids is 1. The van der Waals surface area contributed by atoms with Gasteiger partial charge in [-0.05, 0) is 35.9 Å². The molecule has 0 amide bonds. The zero-order valence-electron chi connectivity index (χ0n) is 21.7. The maximum Gasteiger partial charge on any atom is 0.330 e. The van der Waals surface area contributed by atoms with Crippen molar-refractivity contribution in [1.29, 1.82) is 0 Å². The molecule has 0 saturated heterocycles. The molecule has 0 aromatic heterocycles. The van der Waals surface area contributed by atoms with Crippen molar-refractivity contribution in [3.05, 3.63) is 41.5 Å². The van der Waals surface area contributed by atoms with Crippen LogP contribution in [0, 0.1) is 0 Å². The highest BCUT2D eigenvalue weighted by atomic mass is 16.7. The van der Waals surface area contributed by atoms with Crippen LogP contribution in [0.25, 0.3) is 6.08 Å². The number of esters is 1. The Morgan fingerprint density at radius 3 is 2.14 bits per heavy atom. The third-order valence-corrected chi connectivity index (χ3v) is 5.35. The quantitative estimate of drug-likeness (QED) is 0.168. The van der Waals surface area contributed by atoms with Crippen molar-refractivity contribution >= 4 is 12.0 Å². The number of carbonyl (C=O) groups is 1. The first-order valence-corrected chi connectivity index (χ1v) is 11.2. The van der Waals surface area contributed by atoms with Gasteiger partial charge in [0.25, 0.3) is 0 Å². The van der Waals surface area contributed by atoms with Crippen LogP contribution in [0.5, 0.6) is 34.5 Å². The van der Waals surface area contributed by atoms with Gasteiger partial charge in [-0.1, -0.05) is 0 Å². The van der Waals surface area contributed by atoms with Crippen LogP contribution >= 0.6 is 0 Å². The van der Waals surface area contributed by atoms with Gasteiger partial charge in [0.2, 0.25) is 11.5 Å². The van der Waals surface area contributed by atoms with Crippen molar-refractivity contribution in [2.75, 3.05) is 62.9 Å². The molecule has 1 aliphatic heterocycles. The zero-order valence-corrected chi connectivity index (χ0v) is 21.7. The summed E-state index contributed by atoms with van der Waals surface area (Å²) in [6.07, 6.45) is 1.66. The monoisotopic (exact) mass is 520 g/mol. The van der Waals surface area contributed by atoms with E-state index in [1.807, 2.05) is 0 Å². The number of benzene rings is 2. The summed E-state index contributed by atoms with van der Waals surface area (Å²) in [5.74, 6) is 1.98. The van der Waals surface area contributed by atoms with Gasteiger partial charge < -0.3 is 47.4 Å². The van der Waals surface area contributed by atoms with Crippen molar-refractivity contribution in [2.45, 2.75) is 12.2 Å². The lowest BCUT2D eigenvalue weighted by molar-refractivity contribution is -0.134. The molecule has 0 unspecified atom stereocenters. The number of hydrogen-bond donors (Lipinski definition) is 0. The number of ether oxygens (including phenoxy) is 10. The molecular weight excluding hydrogens is 488 g/mol. The van der Waals surface area contributed by atoms with Gasteiger partial charge in [0.15, 0.2) is 42.0 Å². The molecule has 3 rings (SSSR count). The average Bonchev–Trinajstić information content (AvgIpc) is 2.93. The summed E-state index contributed by atoms with van der Waals surface area (Å²) in [6, 6.07) is 7.01. The molecule has 0 fully saturated rings. The lowest BCUT2D eigenvalue weighted by atomic mass is 10.0. The Morgan fingerprint density at radius 2 is 1.54 bits per heavy atom. The second-order valence-corrected chi connectivity index (χ2v) is 7.68. The molecule has 0 saturated carbocycles. The van der Waals surface area contributed by atoms with E-state index >= 15 is 0 Å². The van der Waals surface area contributed by atoms with Crippen LogP contribution in [-0.2, 0) is 23.7 Å². The largest absolute Gasteiger partial charge is 0.493 e. The predicted molar refractivity (Wildman–Crippen MR) is 132 cm³/mol. The van der Waals surface area contributed by atoms with Crippen LogP contribution in [-0.4, -0.2) is 74.9 Å². The van der Waals surface area contributed by atoms with Gasteiger partial charge >= 0.3 is 5.97 Å². The lowest BCUT2D eigenvalue weighted by Gasteiger charge is -2.35. The topological polar surface area (TPSA) is 109 Å². The third kappa shape index (κ3) is 6.76. The molecule has 1 heterocycles. The third-order valence-electron chi connectivity index (χ3n) is 5.35. The van der Waals surface area contributed by atoms with Crippen molar-refractivity contribution in [3.8, 4) is 34.5 Å². The summed E-state index contributed by atoms with van der Waals surface area (Å²) in [6.45, 7) is 0.236. The Balaban J connectivity index is 2.06. The molecule has 2 aromatic rings. The SMILES string of the molecule is COCOC[C@@H]1Oc2c(OC)cc(/C=C/C(=O)OC)cc2O[C@H]1c1cc(OC)c(OCOC)c(OC)c1. The highest BCUT2D eigenvalue weighted by molar-refractivity contribution is 5.87. The normalized spacial score (nSPS) is 16.4. The molecule has 0 aliphatic carbocycles. The Labute approximate surface area is 215 Å². The highest BCUT2D eigenvalue weighted by Crippen LogP contribution is 2.48. The molecule has 0 radical (unpaired) electrons. The molecule has 2 atom stereocenters. The first-order chi connectivity index (χ1) is 18.0. The van der Waals surface area contributed by atoms with E-state index in [0.717, 1.165) is 0 Å². The Morgan fingerprint density at radius 1 is 0.865 bits per heavy atom. The maximum absolute atomic E-state index is 11.6. The molecule has 0 N–H and O–H groups in total. The summed E-state index contributed by atoms with van der Waals surface area (Å²) in [5, 5.41) is 0.